The van der Waals surface area contributed by atoms with Crippen molar-refractivity contribution in [2.24, 2.45) is 0 Å². The minimum Gasteiger partial charge on any atom is -0.321 e. The lowest BCUT2D eigenvalue weighted by molar-refractivity contribution is -0.112. The summed E-state index contributed by atoms with van der Waals surface area (Å²) in [7, 11) is 0. The Morgan fingerprint density at radius 1 is 1.36 bits per heavy atom. The minimum absolute atomic E-state index is 0.109. The maximum Gasteiger partial charge on any atom is 0.266 e. The van der Waals surface area contributed by atoms with Crippen LogP contribution < -0.4 is 5.32 Å². The highest BCUT2D eigenvalue weighted by Crippen LogP contribution is 2.26. The lowest BCUT2D eigenvalue weighted by Gasteiger charge is -2.04. The Morgan fingerprint density at radius 3 is 2.88 bits per heavy atom. The molecule has 124 valence electrons. The van der Waals surface area contributed by atoms with Crippen molar-refractivity contribution in [2.75, 3.05) is 5.32 Å². The Morgan fingerprint density at radius 2 is 2.20 bits per heavy atom. The van der Waals surface area contributed by atoms with Gasteiger partial charge in [-0.15, -0.1) is 11.3 Å². The predicted molar refractivity (Wildman–Crippen MR) is 99.1 cm³/mol. The molecule has 2 aromatic heterocycles. The number of benzene rings is 1. The lowest BCUT2D eigenvalue weighted by Crippen LogP contribution is -2.13. The molecular weight excluding hydrogens is 381 g/mol. The molecule has 3 rings (SSSR count). The molecule has 0 spiro atoms. The van der Waals surface area contributed by atoms with Crippen LogP contribution in [0.2, 0.25) is 5.02 Å². The normalized spacial score (nSPS) is 11.2. The van der Waals surface area contributed by atoms with Gasteiger partial charge < -0.3 is 5.32 Å². The molecule has 0 radical (unpaired) electrons. The monoisotopic (exact) mass is 389 g/mol. The summed E-state index contributed by atoms with van der Waals surface area (Å²) in [5, 5.41) is 18.2. The molecule has 0 bridgehead atoms. The fraction of sp³-hybridized carbons (Fsp3) is 0. The SMILES string of the molecule is N#C/C(=C/c1csc(-c2ccsc2)n1)C(=O)Nc1ccc(F)c(Cl)c1. The van der Waals surface area contributed by atoms with Crippen molar-refractivity contribution in [3.63, 3.8) is 0 Å². The highest BCUT2D eigenvalue weighted by Gasteiger charge is 2.12. The summed E-state index contributed by atoms with van der Waals surface area (Å²) >= 11 is 8.68. The molecule has 0 unspecified atom stereocenters. The van der Waals surface area contributed by atoms with Crippen LogP contribution in [-0.4, -0.2) is 10.9 Å². The van der Waals surface area contributed by atoms with E-state index in [1.807, 2.05) is 22.9 Å². The van der Waals surface area contributed by atoms with Crippen molar-refractivity contribution in [3.8, 4) is 16.6 Å². The van der Waals surface area contributed by atoms with Crippen molar-refractivity contribution in [1.82, 2.24) is 4.98 Å². The van der Waals surface area contributed by atoms with Gasteiger partial charge in [-0.05, 0) is 35.7 Å². The van der Waals surface area contributed by atoms with Crippen LogP contribution in [0.25, 0.3) is 16.6 Å². The summed E-state index contributed by atoms with van der Waals surface area (Å²) in [4.78, 5) is 16.6. The molecule has 0 aliphatic rings. The van der Waals surface area contributed by atoms with Crippen molar-refractivity contribution < 1.29 is 9.18 Å². The van der Waals surface area contributed by atoms with E-state index >= 15 is 0 Å². The fourth-order valence-corrected chi connectivity index (χ4v) is 3.61. The Balaban J connectivity index is 1.79. The van der Waals surface area contributed by atoms with Gasteiger partial charge in [0.25, 0.3) is 5.91 Å². The number of aromatic nitrogens is 1. The number of carbonyl (C=O) groups is 1. The Labute approximate surface area is 155 Å². The highest BCUT2D eigenvalue weighted by atomic mass is 35.5. The molecule has 3 aromatic rings. The first-order chi connectivity index (χ1) is 12.1. The van der Waals surface area contributed by atoms with Gasteiger partial charge in [0.1, 0.15) is 22.5 Å². The zero-order chi connectivity index (χ0) is 17.8. The van der Waals surface area contributed by atoms with Gasteiger partial charge in [-0.3, -0.25) is 4.79 Å². The van der Waals surface area contributed by atoms with Crippen molar-refractivity contribution >= 4 is 51.9 Å². The second kappa shape index (κ2) is 7.57. The van der Waals surface area contributed by atoms with Crippen LogP contribution in [0.4, 0.5) is 10.1 Å². The molecule has 0 atom stereocenters. The summed E-state index contributed by atoms with van der Waals surface area (Å²) in [6.07, 6.45) is 1.41. The van der Waals surface area contributed by atoms with Crippen LogP contribution in [0.3, 0.4) is 0 Å². The Bertz CT molecular complexity index is 990. The number of thiophene rings is 1. The predicted octanol–water partition coefficient (Wildman–Crippen LogP) is 5.21. The van der Waals surface area contributed by atoms with Gasteiger partial charge in [0, 0.05) is 22.0 Å². The van der Waals surface area contributed by atoms with E-state index < -0.39 is 11.7 Å². The molecule has 0 aliphatic heterocycles. The van der Waals surface area contributed by atoms with E-state index in [1.54, 1.807) is 16.7 Å². The van der Waals surface area contributed by atoms with Gasteiger partial charge in [-0.25, -0.2) is 9.37 Å². The molecular formula is C17H9ClFN3OS2. The second-order valence-corrected chi connectivity index (χ2v) is 6.89. The van der Waals surface area contributed by atoms with E-state index in [1.165, 1.54) is 29.5 Å². The summed E-state index contributed by atoms with van der Waals surface area (Å²) in [6, 6.07) is 7.59. The molecule has 0 aliphatic carbocycles. The van der Waals surface area contributed by atoms with Crippen LogP contribution in [-0.2, 0) is 4.79 Å². The first-order valence-electron chi connectivity index (χ1n) is 6.93. The highest BCUT2D eigenvalue weighted by molar-refractivity contribution is 7.14. The number of thiazole rings is 1. The molecule has 8 heteroatoms. The summed E-state index contributed by atoms with van der Waals surface area (Å²) in [5.74, 6) is -1.20. The summed E-state index contributed by atoms with van der Waals surface area (Å²) < 4.78 is 13.2. The standard InChI is InChI=1S/C17H9ClFN3OS2/c18-14-6-12(1-2-15(14)19)21-16(23)11(7-20)5-13-9-25-17(22-13)10-3-4-24-8-10/h1-6,8-9H,(H,21,23)/b11-5-. The number of rotatable bonds is 4. The van der Waals surface area contributed by atoms with Gasteiger partial charge in [-0.1, -0.05) is 11.6 Å². The average Bonchev–Trinajstić information content (AvgIpc) is 3.27. The van der Waals surface area contributed by atoms with E-state index in [4.69, 9.17) is 11.6 Å². The van der Waals surface area contributed by atoms with E-state index in [0.717, 1.165) is 16.6 Å². The number of hydrogen-bond donors (Lipinski definition) is 1. The number of amides is 1. The summed E-state index contributed by atoms with van der Waals surface area (Å²) in [5.41, 5.74) is 1.71. The van der Waals surface area contributed by atoms with Crippen molar-refractivity contribution in [3.05, 3.63) is 62.5 Å². The molecule has 2 heterocycles. The van der Waals surface area contributed by atoms with Crippen LogP contribution in [0.1, 0.15) is 5.69 Å². The Kier molecular flexibility index (Phi) is 5.24. The Hall–Kier alpha value is -2.53. The number of anilines is 1. The maximum atomic E-state index is 13.2. The molecule has 1 amide bonds. The van der Waals surface area contributed by atoms with Gasteiger partial charge in [0.15, 0.2) is 0 Å². The van der Waals surface area contributed by atoms with Crippen molar-refractivity contribution in [1.29, 1.82) is 5.26 Å². The van der Waals surface area contributed by atoms with E-state index in [-0.39, 0.29) is 10.6 Å². The zero-order valence-corrected chi connectivity index (χ0v) is 14.9. The molecule has 0 saturated heterocycles. The van der Waals surface area contributed by atoms with E-state index in [2.05, 4.69) is 10.3 Å². The second-order valence-electron chi connectivity index (χ2n) is 4.84. The molecule has 4 nitrogen and oxygen atoms in total. The number of nitrogens with zero attached hydrogens (tertiary/aromatic N) is 2. The lowest BCUT2D eigenvalue weighted by atomic mass is 10.2. The first-order valence-corrected chi connectivity index (χ1v) is 9.13. The van der Waals surface area contributed by atoms with Crippen LogP contribution in [0, 0.1) is 17.1 Å². The molecule has 1 N–H and O–H groups in total. The van der Waals surface area contributed by atoms with E-state index in [9.17, 15) is 14.4 Å². The van der Waals surface area contributed by atoms with Crippen LogP contribution >= 0.6 is 34.3 Å². The van der Waals surface area contributed by atoms with Gasteiger partial charge in [-0.2, -0.15) is 16.6 Å². The number of halogens is 2. The fourth-order valence-electron chi connectivity index (χ4n) is 1.94. The average molecular weight is 390 g/mol. The third-order valence-corrected chi connectivity index (χ3v) is 5.01. The zero-order valence-electron chi connectivity index (χ0n) is 12.5. The van der Waals surface area contributed by atoms with Gasteiger partial charge >= 0.3 is 0 Å². The maximum absolute atomic E-state index is 13.2. The molecule has 0 saturated carbocycles. The number of carbonyl (C=O) groups excluding carboxylic acids is 1. The molecule has 1 aromatic carbocycles. The van der Waals surface area contributed by atoms with Gasteiger partial charge in [0.2, 0.25) is 0 Å². The first kappa shape index (κ1) is 17.3. The summed E-state index contributed by atoms with van der Waals surface area (Å²) in [6.45, 7) is 0. The van der Waals surface area contributed by atoms with Crippen LogP contribution in [0.15, 0.2) is 46.0 Å². The number of nitriles is 1. The quantitative estimate of drug-likeness (QED) is 0.492. The molecule has 0 fully saturated rings. The number of hydrogen-bond acceptors (Lipinski definition) is 5. The van der Waals surface area contributed by atoms with Crippen molar-refractivity contribution in [2.45, 2.75) is 0 Å². The number of nitrogens with one attached hydrogen (secondary N) is 1. The molecule has 25 heavy (non-hydrogen) atoms. The van der Waals surface area contributed by atoms with E-state index in [0.29, 0.717) is 11.4 Å². The third kappa shape index (κ3) is 4.12. The van der Waals surface area contributed by atoms with Crippen LogP contribution in [0.5, 0.6) is 0 Å². The topological polar surface area (TPSA) is 65.8 Å². The largest absolute Gasteiger partial charge is 0.321 e. The smallest absolute Gasteiger partial charge is 0.266 e. The van der Waals surface area contributed by atoms with Gasteiger partial charge in [0.05, 0.1) is 10.7 Å². The minimum atomic E-state index is -0.616. The third-order valence-electron chi connectivity index (χ3n) is 3.12.